The maximum Gasteiger partial charge on any atom is 0.408 e. The summed E-state index contributed by atoms with van der Waals surface area (Å²) in [5, 5.41) is 2.97. The van der Waals surface area contributed by atoms with Gasteiger partial charge < -0.3 is 14.9 Å². The Balaban J connectivity index is 1.71. The van der Waals surface area contributed by atoms with Gasteiger partial charge in [0.25, 0.3) is 11.8 Å². The summed E-state index contributed by atoms with van der Waals surface area (Å²) in [6.45, 7) is 5.13. The van der Waals surface area contributed by atoms with Crippen molar-refractivity contribution in [3.05, 3.63) is 35.4 Å². The van der Waals surface area contributed by atoms with E-state index in [9.17, 15) is 19.2 Å². The van der Waals surface area contributed by atoms with Crippen molar-refractivity contribution < 1.29 is 28.8 Å². The van der Waals surface area contributed by atoms with Crippen molar-refractivity contribution in [2.75, 3.05) is 0 Å². The Morgan fingerprint density at radius 2 is 1.67 bits per heavy atom. The summed E-state index contributed by atoms with van der Waals surface area (Å²) in [6, 6.07) is 5.24. The molecule has 8 nitrogen and oxygen atoms in total. The first kappa shape index (κ1) is 18.9. The normalized spacial score (nSPS) is 17.8. The molecule has 1 atom stereocenters. The second-order valence-electron chi connectivity index (χ2n) is 7.68. The largest absolute Gasteiger partial charge is 0.444 e. The molecule has 1 N–H and O–H groups in total. The first-order valence-electron chi connectivity index (χ1n) is 8.86. The van der Waals surface area contributed by atoms with E-state index in [1.165, 1.54) is 12.1 Å². The number of alkyl carbamates (subject to hydrolysis) is 1. The molecular weight excluding hydrogens is 352 g/mol. The van der Waals surface area contributed by atoms with Crippen LogP contribution in [-0.4, -0.2) is 40.6 Å². The van der Waals surface area contributed by atoms with Crippen LogP contribution in [0.3, 0.4) is 0 Å². The summed E-state index contributed by atoms with van der Waals surface area (Å²) in [4.78, 5) is 54.5. The number of nitrogens with zero attached hydrogens (tertiary/aromatic N) is 1. The summed E-state index contributed by atoms with van der Waals surface area (Å²) in [7, 11) is 0. The van der Waals surface area contributed by atoms with Crippen LogP contribution in [0.15, 0.2) is 24.3 Å². The maximum absolute atomic E-state index is 12.6. The topological polar surface area (TPSA) is 102 Å². The Morgan fingerprint density at radius 1 is 1.11 bits per heavy atom. The minimum atomic E-state index is -0.988. The predicted octanol–water partition coefficient (Wildman–Crippen LogP) is 2.43. The number of nitrogens with one attached hydrogen (secondary N) is 1. The average molecular weight is 374 g/mol. The molecule has 8 heteroatoms. The summed E-state index contributed by atoms with van der Waals surface area (Å²) in [5.41, 5.74) is -0.369. The third-order valence-electron chi connectivity index (χ3n) is 4.49. The van der Waals surface area contributed by atoms with Crippen molar-refractivity contribution in [1.82, 2.24) is 10.4 Å². The highest BCUT2D eigenvalue weighted by atomic mass is 16.7. The molecule has 0 radical (unpaired) electrons. The van der Waals surface area contributed by atoms with Gasteiger partial charge in [-0.3, -0.25) is 9.59 Å². The molecule has 2 aliphatic rings. The molecule has 0 saturated heterocycles. The van der Waals surface area contributed by atoms with Crippen LogP contribution >= 0.6 is 0 Å². The monoisotopic (exact) mass is 374 g/mol. The van der Waals surface area contributed by atoms with E-state index in [1.54, 1.807) is 32.9 Å². The molecule has 1 aromatic rings. The molecule has 27 heavy (non-hydrogen) atoms. The number of hydroxylamine groups is 2. The third kappa shape index (κ3) is 3.94. The number of benzene rings is 1. The van der Waals surface area contributed by atoms with Gasteiger partial charge in [0.05, 0.1) is 11.1 Å². The molecular formula is C19H22N2O6. The van der Waals surface area contributed by atoms with E-state index in [-0.39, 0.29) is 17.0 Å². The third-order valence-corrected chi connectivity index (χ3v) is 4.49. The van der Waals surface area contributed by atoms with Gasteiger partial charge in [-0.25, -0.2) is 9.59 Å². The van der Waals surface area contributed by atoms with Gasteiger partial charge >= 0.3 is 12.1 Å². The number of carbonyl (C=O) groups excluding carboxylic acids is 4. The lowest BCUT2D eigenvalue weighted by Gasteiger charge is -2.33. The highest BCUT2D eigenvalue weighted by Crippen LogP contribution is 2.31. The standard InChI is InChI=1S/C19H22N2O6/c1-19(2,3)26-18(25)20-14(11-7-6-8-11)17(24)27-21-15(22)12-9-4-5-10-13(12)16(21)23/h4-5,9-11,14H,6-8H2,1-3H3,(H,20,25). The van der Waals surface area contributed by atoms with Crippen LogP contribution in [-0.2, 0) is 14.4 Å². The van der Waals surface area contributed by atoms with Gasteiger partial charge in [-0.15, -0.1) is 0 Å². The molecule has 1 saturated carbocycles. The van der Waals surface area contributed by atoms with Crippen LogP contribution in [0.1, 0.15) is 60.7 Å². The van der Waals surface area contributed by atoms with Gasteiger partial charge in [0.2, 0.25) is 0 Å². The minimum absolute atomic E-state index is 0.125. The van der Waals surface area contributed by atoms with E-state index in [1.807, 2.05) is 0 Å². The van der Waals surface area contributed by atoms with Crippen LogP contribution in [0.25, 0.3) is 0 Å². The fourth-order valence-corrected chi connectivity index (χ4v) is 2.97. The number of ether oxygens (including phenoxy) is 1. The van der Waals surface area contributed by atoms with Crippen LogP contribution in [0.2, 0.25) is 0 Å². The molecule has 1 aromatic carbocycles. The second kappa shape index (κ2) is 7.02. The van der Waals surface area contributed by atoms with Crippen molar-refractivity contribution in [3.63, 3.8) is 0 Å². The Hall–Kier alpha value is -2.90. The van der Waals surface area contributed by atoms with Crippen molar-refractivity contribution in [2.24, 2.45) is 5.92 Å². The minimum Gasteiger partial charge on any atom is -0.444 e. The Morgan fingerprint density at radius 3 is 2.11 bits per heavy atom. The number of fused-ring (bicyclic) bond motifs is 1. The van der Waals surface area contributed by atoms with Crippen LogP contribution in [0.5, 0.6) is 0 Å². The van der Waals surface area contributed by atoms with E-state index in [0.717, 1.165) is 19.3 Å². The zero-order chi connectivity index (χ0) is 19.8. The highest BCUT2D eigenvalue weighted by molar-refractivity contribution is 6.20. The van der Waals surface area contributed by atoms with Crippen molar-refractivity contribution in [3.8, 4) is 0 Å². The Labute approximate surface area is 156 Å². The number of imide groups is 1. The molecule has 3 rings (SSSR count). The summed E-state index contributed by atoms with van der Waals surface area (Å²) < 4.78 is 5.19. The zero-order valence-electron chi connectivity index (χ0n) is 15.5. The number of hydrogen-bond donors (Lipinski definition) is 1. The van der Waals surface area contributed by atoms with E-state index >= 15 is 0 Å². The first-order valence-corrected chi connectivity index (χ1v) is 8.86. The van der Waals surface area contributed by atoms with Gasteiger partial charge in [-0.1, -0.05) is 23.6 Å². The number of amides is 3. The molecule has 3 amide bonds. The lowest BCUT2D eigenvalue weighted by Crippen LogP contribution is -2.52. The molecule has 144 valence electrons. The maximum atomic E-state index is 12.6. The number of rotatable bonds is 4. The van der Waals surface area contributed by atoms with Gasteiger partial charge in [0.1, 0.15) is 11.6 Å². The van der Waals surface area contributed by atoms with Crippen LogP contribution in [0, 0.1) is 5.92 Å². The average Bonchev–Trinajstić information content (AvgIpc) is 2.76. The molecule has 1 aliphatic heterocycles. The fourth-order valence-electron chi connectivity index (χ4n) is 2.97. The predicted molar refractivity (Wildman–Crippen MR) is 93.5 cm³/mol. The van der Waals surface area contributed by atoms with Crippen molar-refractivity contribution in [1.29, 1.82) is 0 Å². The zero-order valence-corrected chi connectivity index (χ0v) is 15.5. The van der Waals surface area contributed by atoms with E-state index < -0.39 is 35.5 Å². The second-order valence-corrected chi connectivity index (χ2v) is 7.68. The molecule has 1 unspecified atom stereocenters. The molecule has 1 heterocycles. The van der Waals surface area contributed by atoms with Gasteiger partial charge in [0, 0.05) is 0 Å². The molecule has 0 aromatic heterocycles. The molecule has 1 aliphatic carbocycles. The van der Waals surface area contributed by atoms with E-state index in [0.29, 0.717) is 5.06 Å². The van der Waals surface area contributed by atoms with Gasteiger partial charge in [-0.2, -0.15) is 0 Å². The van der Waals surface area contributed by atoms with E-state index in [2.05, 4.69) is 5.32 Å². The van der Waals surface area contributed by atoms with Gasteiger partial charge in [0.15, 0.2) is 0 Å². The number of hydrogen-bond acceptors (Lipinski definition) is 6. The van der Waals surface area contributed by atoms with Crippen LogP contribution in [0.4, 0.5) is 4.79 Å². The molecule has 0 spiro atoms. The fraction of sp³-hybridized carbons (Fsp3) is 0.474. The van der Waals surface area contributed by atoms with E-state index in [4.69, 9.17) is 9.57 Å². The lowest BCUT2D eigenvalue weighted by atomic mass is 9.80. The summed E-state index contributed by atoms with van der Waals surface area (Å²) in [6.07, 6.45) is 1.64. The number of carbonyl (C=O) groups is 4. The quantitative estimate of drug-likeness (QED) is 0.812. The summed E-state index contributed by atoms with van der Waals surface area (Å²) >= 11 is 0. The highest BCUT2D eigenvalue weighted by Gasteiger charge is 2.42. The first-order chi connectivity index (χ1) is 12.7. The summed E-state index contributed by atoms with van der Waals surface area (Å²) in [5.74, 6) is -2.39. The molecule has 1 fully saturated rings. The smallest absolute Gasteiger partial charge is 0.408 e. The van der Waals surface area contributed by atoms with Crippen molar-refractivity contribution >= 4 is 23.9 Å². The lowest BCUT2D eigenvalue weighted by molar-refractivity contribution is -0.173. The SMILES string of the molecule is CC(C)(C)OC(=O)NC(C(=O)ON1C(=O)c2ccccc2C1=O)C1CCC1. The van der Waals surface area contributed by atoms with Crippen LogP contribution < -0.4 is 5.32 Å². The van der Waals surface area contributed by atoms with Crippen molar-refractivity contribution in [2.45, 2.75) is 51.7 Å². The Kier molecular flexibility index (Phi) is 4.91. The Bertz CT molecular complexity index is 759. The molecule has 0 bridgehead atoms. The van der Waals surface area contributed by atoms with Gasteiger partial charge in [-0.05, 0) is 51.7 Å².